The number of hydrogen-bond acceptors (Lipinski definition) is 2. The van der Waals surface area contributed by atoms with Gasteiger partial charge in [0, 0.05) is 26.0 Å². The molecule has 0 atom stereocenters. The molecule has 0 aliphatic carbocycles. The number of aromatic nitrogens is 1. The SMILES string of the molecule is CN(CCc1cc[nH]c1)C(=O)CO. The third-order valence-electron chi connectivity index (χ3n) is 1.96. The first kappa shape index (κ1) is 9.80. The van der Waals surface area contributed by atoms with Crippen LogP contribution in [0.5, 0.6) is 0 Å². The second kappa shape index (κ2) is 4.67. The number of carbonyl (C=O) groups excluding carboxylic acids is 1. The number of hydrogen-bond donors (Lipinski definition) is 2. The van der Waals surface area contributed by atoms with Gasteiger partial charge in [-0.05, 0) is 18.1 Å². The summed E-state index contributed by atoms with van der Waals surface area (Å²) in [6, 6.07) is 1.97. The lowest BCUT2D eigenvalue weighted by Gasteiger charge is -2.14. The van der Waals surface area contributed by atoms with Crippen molar-refractivity contribution < 1.29 is 9.90 Å². The van der Waals surface area contributed by atoms with Crippen LogP contribution in [0.2, 0.25) is 0 Å². The van der Waals surface area contributed by atoms with Crippen molar-refractivity contribution in [2.24, 2.45) is 0 Å². The summed E-state index contributed by atoms with van der Waals surface area (Å²) in [6.45, 7) is 0.223. The molecule has 4 heteroatoms. The highest BCUT2D eigenvalue weighted by Gasteiger charge is 2.05. The minimum Gasteiger partial charge on any atom is -0.387 e. The Morgan fingerprint density at radius 3 is 3.00 bits per heavy atom. The molecule has 13 heavy (non-hydrogen) atoms. The predicted octanol–water partition coefficient (Wildman–Crippen LogP) is 0.00790. The fourth-order valence-electron chi connectivity index (χ4n) is 1.06. The van der Waals surface area contributed by atoms with Crippen LogP contribution in [-0.4, -0.2) is 41.1 Å². The lowest BCUT2D eigenvalue weighted by Crippen LogP contribution is -2.30. The number of nitrogens with one attached hydrogen (secondary N) is 1. The molecule has 0 aromatic carbocycles. The molecule has 0 saturated carbocycles. The first-order valence-corrected chi connectivity index (χ1v) is 4.20. The van der Waals surface area contributed by atoms with E-state index >= 15 is 0 Å². The van der Waals surface area contributed by atoms with Crippen LogP contribution in [0.1, 0.15) is 5.56 Å². The molecule has 0 unspecified atom stereocenters. The summed E-state index contributed by atoms with van der Waals surface area (Å²) in [5.41, 5.74) is 1.16. The molecule has 0 radical (unpaired) electrons. The molecule has 2 N–H and O–H groups in total. The smallest absolute Gasteiger partial charge is 0.248 e. The summed E-state index contributed by atoms with van der Waals surface area (Å²) in [6.07, 6.45) is 4.56. The van der Waals surface area contributed by atoms with Gasteiger partial charge in [-0.1, -0.05) is 0 Å². The van der Waals surface area contributed by atoms with Gasteiger partial charge in [0.05, 0.1) is 0 Å². The van der Waals surface area contributed by atoms with Crippen LogP contribution in [0.15, 0.2) is 18.5 Å². The third kappa shape index (κ3) is 2.91. The Labute approximate surface area is 77.2 Å². The van der Waals surface area contributed by atoms with Crippen molar-refractivity contribution in [3.8, 4) is 0 Å². The lowest BCUT2D eigenvalue weighted by atomic mass is 10.2. The number of nitrogens with zero attached hydrogens (tertiary/aromatic N) is 1. The van der Waals surface area contributed by atoms with Gasteiger partial charge in [0.15, 0.2) is 0 Å². The van der Waals surface area contributed by atoms with Crippen LogP contribution in [0.3, 0.4) is 0 Å². The Morgan fingerprint density at radius 2 is 2.46 bits per heavy atom. The van der Waals surface area contributed by atoms with Crippen LogP contribution in [0, 0.1) is 0 Å². The van der Waals surface area contributed by atoms with Gasteiger partial charge < -0.3 is 15.0 Å². The van der Waals surface area contributed by atoms with E-state index in [1.807, 2.05) is 18.5 Å². The quantitative estimate of drug-likeness (QED) is 0.689. The molecule has 0 aliphatic rings. The fourth-order valence-corrected chi connectivity index (χ4v) is 1.06. The number of carbonyl (C=O) groups is 1. The van der Waals surface area contributed by atoms with Crippen LogP contribution in [-0.2, 0) is 11.2 Å². The van der Waals surface area contributed by atoms with Crippen LogP contribution >= 0.6 is 0 Å². The van der Waals surface area contributed by atoms with E-state index < -0.39 is 6.61 Å². The van der Waals surface area contributed by atoms with Crippen LogP contribution in [0.25, 0.3) is 0 Å². The number of H-pyrrole nitrogens is 1. The minimum absolute atomic E-state index is 0.240. The zero-order valence-electron chi connectivity index (χ0n) is 7.66. The van der Waals surface area contributed by atoms with Gasteiger partial charge in [0.2, 0.25) is 5.91 Å². The standard InChI is InChI=1S/C9H14N2O2/c1-11(9(13)7-12)5-3-8-2-4-10-6-8/h2,4,6,10,12H,3,5,7H2,1H3. The molecule has 4 nitrogen and oxygen atoms in total. The largest absolute Gasteiger partial charge is 0.387 e. The molecule has 1 rings (SSSR count). The fraction of sp³-hybridized carbons (Fsp3) is 0.444. The maximum absolute atomic E-state index is 10.9. The minimum atomic E-state index is -0.413. The molecular weight excluding hydrogens is 168 g/mol. The topological polar surface area (TPSA) is 56.3 Å². The average Bonchev–Trinajstić information content (AvgIpc) is 2.65. The van der Waals surface area contributed by atoms with E-state index in [4.69, 9.17) is 5.11 Å². The van der Waals surface area contributed by atoms with Crippen LogP contribution in [0.4, 0.5) is 0 Å². The first-order valence-electron chi connectivity index (χ1n) is 4.20. The van der Waals surface area contributed by atoms with Gasteiger partial charge in [-0.2, -0.15) is 0 Å². The Bertz CT molecular complexity index is 257. The number of aliphatic hydroxyl groups excluding tert-OH is 1. The highest BCUT2D eigenvalue weighted by molar-refractivity contribution is 5.76. The number of rotatable bonds is 4. The van der Waals surface area contributed by atoms with E-state index in [2.05, 4.69) is 4.98 Å². The molecule has 72 valence electrons. The summed E-state index contributed by atoms with van der Waals surface area (Å²) in [7, 11) is 1.69. The maximum atomic E-state index is 10.9. The molecule has 0 fully saturated rings. The van der Waals surface area contributed by atoms with Gasteiger partial charge in [-0.15, -0.1) is 0 Å². The van der Waals surface area contributed by atoms with Crippen molar-refractivity contribution in [2.75, 3.05) is 20.2 Å². The van der Waals surface area contributed by atoms with E-state index in [-0.39, 0.29) is 5.91 Å². The van der Waals surface area contributed by atoms with Gasteiger partial charge >= 0.3 is 0 Å². The maximum Gasteiger partial charge on any atom is 0.248 e. The zero-order valence-corrected chi connectivity index (χ0v) is 7.66. The van der Waals surface area contributed by atoms with Crippen molar-refractivity contribution in [2.45, 2.75) is 6.42 Å². The first-order chi connectivity index (χ1) is 6.24. The van der Waals surface area contributed by atoms with Gasteiger partial charge in [-0.3, -0.25) is 4.79 Å². The second-order valence-corrected chi connectivity index (χ2v) is 2.94. The number of aromatic amines is 1. The van der Waals surface area contributed by atoms with Gasteiger partial charge in [0.25, 0.3) is 0 Å². The van der Waals surface area contributed by atoms with E-state index in [9.17, 15) is 4.79 Å². The third-order valence-corrected chi connectivity index (χ3v) is 1.96. The Morgan fingerprint density at radius 1 is 1.69 bits per heavy atom. The Hall–Kier alpha value is -1.29. The van der Waals surface area contributed by atoms with Gasteiger partial charge in [0.1, 0.15) is 6.61 Å². The Kier molecular flexibility index (Phi) is 3.52. The molecule has 1 aromatic rings. The predicted molar refractivity (Wildman–Crippen MR) is 49.2 cm³/mol. The highest BCUT2D eigenvalue weighted by Crippen LogP contribution is 1.98. The summed E-state index contributed by atoms with van der Waals surface area (Å²) in [4.78, 5) is 15.4. The summed E-state index contributed by atoms with van der Waals surface area (Å²) in [5.74, 6) is -0.240. The van der Waals surface area contributed by atoms with Crippen molar-refractivity contribution in [3.05, 3.63) is 24.0 Å². The van der Waals surface area contributed by atoms with Crippen molar-refractivity contribution in [3.63, 3.8) is 0 Å². The van der Waals surface area contributed by atoms with Crippen molar-refractivity contribution in [1.29, 1.82) is 0 Å². The lowest BCUT2D eigenvalue weighted by molar-refractivity contribution is -0.132. The molecule has 0 aliphatic heterocycles. The second-order valence-electron chi connectivity index (χ2n) is 2.94. The summed E-state index contributed by atoms with van der Waals surface area (Å²) < 4.78 is 0. The molecular formula is C9H14N2O2. The van der Waals surface area contributed by atoms with Gasteiger partial charge in [-0.25, -0.2) is 0 Å². The summed E-state index contributed by atoms with van der Waals surface area (Å²) >= 11 is 0. The van der Waals surface area contributed by atoms with Crippen molar-refractivity contribution >= 4 is 5.91 Å². The molecule has 0 spiro atoms. The molecule has 0 saturated heterocycles. The van der Waals surface area contributed by atoms with E-state index in [0.717, 1.165) is 12.0 Å². The van der Waals surface area contributed by atoms with Crippen molar-refractivity contribution in [1.82, 2.24) is 9.88 Å². The number of aliphatic hydroxyl groups is 1. The molecule has 1 heterocycles. The molecule has 0 bridgehead atoms. The molecule has 1 amide bonds. The number of likely N-dealkylation sites (N-methyl/N-ethyl adjacent to an activating group) is 1. The monoisotopic (exact) mass is 182 g/mol. The van der Waals surface area contributed by atoms with E-state index in [1.165, 1.54) is 4.90 Å². The van der Waals surface area contributed by atoms with E-state index in [1.54, 1.807) is 7.05 Å². The van der Waals surface area contributed by atoms with E-state index in [0.29, 0.717) is 6.54 Å². The zero-order chi connectivity index (χ0) is 9.68. The summed E-state index contributed by atoms with van der Waals surface area (Å²) in [5, 5.41) is 8.57. The highest BCUT2D eigenvalue weighted by atomic mass is 16.3. The average molecular weight is 182 g/mol. The Balaban J connectivity index is 2.30. The number of amides is 1. The van der Waals surface area contributed by atoms with Crippen LogP contribution < -0.4 is 0 Å². The molecule has 1 aromatic heterocycles. The normalized spacial score (nSPS) is 10.0.